The first-order chi connectivity index (χ1) is 10.5. The molecule has 0 heterocycles. The number of quaternary nitrogens is 1. The zero-order valence-corrected chi connectivity index (χ0v) is 16.7. The third kappa shape index (κ3) is 18.2. The van der Waals surface area contributed by atoms with E-state index in [4.69, 9.17) is 0 Å². The van der Waals surface area contributed by atoms with Crippen molar-refractivity contribution in [2.75, 3.05) is 39.2 Å². The van der Waals surface area contributed by atoms with Gasteiger partial charge in [-0.1, -0.05) is 77.6 Å². The van der Waals surface area contributed by atoms with Crippen molar-refractivity contribution >= 4 is 10.8 Å². The van der Waals surface area contributed by atoms with Crippen molar-refractivity contribution in [3.63, 3.8) is 0 Å². The minimum absolute atomic E-state index is 0.597. The Kier molecular flexibility index (Phi) is 14.8. The molecule has 0 aromatic heterocycles. The van der Waals surface area contributed by atoms with Crippen LogP contribution < -0.4 is 0 Å². The molecule has 3 heteroatoms. The molecule has 134 valence electrons. The maximum atomic E-state index is 11.9. The van der Waals surface area contributed by atoms with Crippen molar-refractivity contribution in [2.24, 2.45) is 0 Å². The summed E-state index contributed by atoms with van der Waals surface area (Å²) in [6.45, 7) is 3.30. The molecule has 0 aromatic carbocycles. The van der Waals surface area contributed by atoms with E-state index in [0.29, 0.717) is 0 Å². The Morgan fingerprint density at radius 3 is 1.45 bits per heavy atom. The van der Waals surface area contributed by atoms with Crippen molar-refractivity contribution in [2.45, 2.75) is 84.0 Å². The minimum atomic E-state index is -0.597. The first-order valence-electron chi connectivity index (χ1n) is 9.61. The Bertz CT molecular complexity index is 261. The van der Waals surface area contributed by atoms with Crippen molar-refractivity contribution in [1.82, 2.24) is 0 Å². The summed E-state index contributed by atoms with van der Waals surface area (Å²) in [4.78, 5) is 0. The van der Waals surface area contributed by atoms with Crippen LogP contribution in [-0.2, 0) is 10.8 Å². The SMILES string of the molecule is CCCCCCCCCCCCCCS(=O)CC[N+](C)(C)C. The first kappa shape index (κ1) is 22.1. The summed E-state index contributed by atoms with van der Waals surface area (Å²) in [5.74, 6) is 1.78. The highest BCUT2D eigenvalue weighted by Crippen LogP contribution is 2.12. The van der Waals surface area contributed by atoms with E-state index >= 15 is 0 Å². The molecule has 0 aliphatic rings. The molecule has 0 spiro atoms. The average molecular weight is 333 g/mol. The van der Waals surface area contributed by atoms with Gasteiger partial charge in [0.05, 0.1) is 33.4 Å². The molecule has 1 unspecified atom stereocenters. The second kappa shape index (κ2) is 14.7. The molecule has 0 fully saturated rings. The van der Waals surface area contributed by atoms with Crippen molar-refractivity contribution in [1.29, 1.82) is 0 Å². The highest BCUT2D eigenvalue weighted by Gasteiger charge is 2.09. The molecule has 1 atom stereocenters. The van der Waals surface area contributed by atoms with Crippen LogP contribution in [-0.4, -0.2) is 47.9 Å². The number of hydrogen-bond donors (Lipinski definition) is 0. The molecule has 0 aliphatic carbocycles. The van der Waals surface area contributed by atoms with Crippen LogP contribution in [0, 0.1) is 0 Å². The molecule has 0 aliphatic heterocycles. The lowest BCUT2D eigenvalue weighted by Gasteiger charge is -2.23. The van der Waals surface area contributed by atoms with Gasteiger partial charge >= 0.3 is 0 Å². The van der Waals surface area contributed by atoms with Gasteiger partial charge in [0.1, 0.15) is 0 Å². The highest BCUT2D eigenvalue weighted by atomic mass is 32.2. The smallest absolute Gasteiger partial charge is 0.0897 e. The zero-order chi connectivity index (χ0) is 16.7. The lowest BCUT2D eigenvalue weighted by molar-refractivity contribution is -0.867. The van der Waals surface area contributed by atoms with Gasteiger partial charge in [-0.3, -0.25) is 4.21 Å². The third-order valence-electron chi connectivity index (χ3n) is 4.22. The minimum Gasteiger partial charge on any atom is -0.330 e. The molecule has 0 saturated carbocycles. The van der Waals surface area contributed by atoms with Crippen LogP contribution in [0.4, 0.5) is 0 Å². The molecule has 0 aromatic rings. The van der Waals surface area contributed by atoms with Crippen LogP contribution in [0.5, 0.6) is 0 Å². The van der Waals surface area contributed by atoms with Crippen molar-refractivity contribution in [3.05, 3.63) is 0 Å². The van der Waals surface area contributed by atoms with Gasteiger partial charge in [0, 0.05) is 16.6 Å². The summed E-state index contributed by atoms with van der Waals surface area (Å²) in [7, 11) is 5.91. The summed E-state index contributed by atoms with van der Waals surface area (Å²) in [6.07, 6.45) is 16.4. The molecular weight excluding hydrogens is 290 g/mol. The Labute approximate surface area is 143 Å². The van der Waals surface area contributed by atoms with Gasteiger partial charge in [-0.25, -0.2) is 0 Å². The number of rotatable bonds is 16. The lowest BCUT2D eigenvalue weighted by atomic mass is 10.1. The Balaban J connectivity index is 3.18. The van der Waals surface area contributed by atoms with Crippen LogP contribution in [0.25, 0.3) is 0 Å². The predicted octanol–water partition coefficient (Wildman–Crippen LogP) is 5.14. The van der Waals surface area contributed by atoms with Crippen LogP contribution in [0.2, 0.25) is 0 Å². The van der Waals surface area contributed by atoms with E-state index < -0.39 is 10.8 Å². The molecular formula is C19H42NOS+. The molecule has 0 saturated heterocycles. The predicted molar refractivity (Wildman–Crippen MR) is 102 cm³/mol. The summed E-state index contributed by atoms with van der Waals surface area (Å²) in [5, 5.41) is 0. The van der Waals surface area contributed by atoms with E-state index in [1.54, 1.807) is 0 Å². The van der Waals surface area contributed by atoms with Crippen LogP contribution in [0.3, 0.4) is 0 Å². The Hall–Kier alpha value is 0.110. The standard InChI is InChI=1S/C19H42NOS/c1-5-6-7-8-9-10-11-12-13-14-15-16-18-22(21)19-17-20(2,3)4/h5-19H2,1-4H3/q+1. The summed E-state index contributed by atoms with van der Waals surface area (Å²) >= 11 is 0. The van der Waals surface area contributed by atoms with Crippen molar-refractivity contribution < 1.29 is 8.69 Å². The third-order valence-corrected chi connectivity index (χ3v) is 5.60. The van der Waals surface area contributed by atoms with Gasteiger partial charge in [0.2, 0.25) is 0 Å². The monoisotopic (exact) mass is 332 g/mol. The van der Waals surface area contributed by atoms with Gasteiger partial charge in [-0.05, 0) is 6.42 Å². The Morgan fingerprint density at radius 2 is 1.05 bits per heavy atom. The van der Waals surface area contributed by atoms with E-state index in [1.165, 1.54) is 70.6 Å². The molecule has 2 nitrogen and oxygen atoms in total. The van der Waals surface area contributed by atoms with E-state index in [0.717, 1.165) is 29.0 Å². The second-order valence-electron chi connectivity index (χ2n) is 7.75. The normalized spacial score (nSPS) is 13.5. The molecule has 0 rings (SSSR count). The molecule has 0 radical (unpaired) electrons. The first-order valence-corrected chi connectivity index (χ1v) is 11.1. The number of nitrogens with zero attached hydrogens (tertiary/aromatic N) is 1. The molecule has 22 heavy (non-hydrogen) atoms. The molecule has 0 amide bonds. The summed E-state index contributed by atoms with van der Waals surface area (Å²) in [5.41, 5.74) is 0. The maximum absolute atomic E-state index is 11.9. The number of unbranched alkanes of at least 4 members (excludes halogenated alkanes) is 11. The van der Waals surface area contributed by atoms with Crippen molar-refractivity contribution in [3.8, 4) is 0 Å². The highest BCUT2D eigenvalue weighted by molar-refractivity contribution is 7.84. The van der Waals surface area contributed by atoms with E-state index in [1.807, 2.05) is 0 Å². The quantitative estimate of drug-likeness (QED) is 0.282. The number of hydrogen-bond acceptors (Lipinski definition) is 1. The summed E-state index contributed by atoms with van der Waals surface area (Å²) in [6, 6.07) is 0. The van der Waals surface area contributed by atoms with Gasteiger partial charge in [-0.2, -0.15) is 0 Å². The zero-order valence-electron chi connectivity index (χ0n) is 15.9. The average Bonchev–Trinajstić information content (AvgIpc) is 2.45. The maximum Gasteiger partial charge on any atom is 0.0897 e. The van der Waals surface area contributed by atoms with E-state index in [2.05, 4.69) is 28.1 Å². The van der Waals surface area contributed by atoms with E-state index in [9.17, 15) is 4.21 Å². The van der Waals surface area contributed by atoms with Crippen LogP contribution >= 0.6 is 0 Å². The fourth-order valence-corrected chi connectivity index (χ4v) is 4.06. The van der Waals surface area contributed by atoms with Gasteiger partial charge in [0.25, 0.3) is 0 Å². The molecule has 0 bridgehead atoms. The van der Waals surface area contributed by atoms with Crippen LogP contribution in [0.1, 0.15) is 84.0 Å². The fourth-order valence-electron chi connectivity index (χ4n) is 2.58. The van der Waals surface area contributed by atoms with E-state index in [-0.39, 0.29) is 0 Å². The topological polar surface area (TPSA) is 17.1 Å². The Morgan fingerprint density at radius 1 is 0.636 bits per heavy atom. The van der Waals surface area contributed by atoms with Crippen LogP contribution in [0.15, 0.2) is 0 Å². The largest absolute Gasteiger partial charge is 0.330 e. The van der Waals surface area contributed by atoms with Gasteiger partial charge < -0.3 is 4.48 Å². The van der Waals surface area contributed by atoms with Gasteiger partial charge in [0.15, 0.2) is 0 Å². The molecule has 0 N–H and O–H groups in total. The fraction of sp³-hybridized carbons (Fsp3) is 1.00. The summed E-state index contributed by atoms with van der Waals surface area (Å²) < 4.78 is 12.8. The van der Waals surface area contributed by atoms with Gasteiger partial charge in [-0.15, -0.1) is 0 Å². The lowest BCUT2D eigenvalue weighted by Crippen LogP contribution is -2.38. The second-order valence-corrected chi connectivity index (χ2v) is 9.45.